The first kappa shape index (κ1) is 14.4. The summed E-state index contributed by atoms with van der Waals surface area (Å²) in [6.07, 6.45) is 1.26. The summed E-state index contributed by atoms with van der Waals surface area (Å²) in [5, 5.41) is 3.43. The summed E-state index contributed by atoms with van der Waals surface area (Å²) in [6.45, 7) is 11.6. The minimum Gasteiger partial charge on any atom is -0.492 e. The first-order chi connectivity index (χ1) is 9.20. The van der Waals surface area contributed by atoms with E-state index < -0.39 is 0 Å². The van der Waals surface area contributed by atoms with E-state index in [1.165, 1.54) is 17.5 Å². The molecule has 1 aromatic carbocycles. The Hall–Kier alpha value is -1.06. The van der Waals surface area contributed by atoms with Gasteiger partial charge in [0.25, 0.3) is 0 Å². The second kappa shape index (κ2) is 6.92. The zero-order chi connectivity index (χ0) is 13.7. The molecule has 0 radical (unpaired) electrons. The number of likely N-dealkylation sites (N-methyl/N-ethyl adjacent to an activating group) is 1. The molecule has 1 atom stereocenters. The van der Waals surface area contributed by atoms with E-state index in [2.05, 4.69) is 49.2 Å². The number of benzene rings is 1. The average molecular weight is 262 g/mol. The molecule has 3 heteroatoms. The van der Waals surface area contributed by atoms with Crippen molar-refractivity contribution in [2.45, 2.75) is 33.2 Å². The molecule has 1 aliphatic rings. The third-order valence-electron chi connectivity index (χ3n) is 3.94. The van der Waals surface area contributed by atoms with Crippen LogP contribution in [-0.4, -0.2) is 43.7 Å². The number of hydrogen-bond donors (Lipinski definition) is 1. The molecule has 1 heterocycles. The van der Waals surface area contributed by atoms with Crippen LogP contribution in [0.4, 0.5) is 0 Å². The maximum Gasteiger partial charge on any atom is 0.122 e. The van der Waals surface area contributed by atoms with Crippen LogP contribution in [0.25, 0.3) is 0 Å². The van der Waals surface area contributed by atoms with E-state index in [0.29, 0.717) is 6.04 Å². The van der Waals surface area contributed by atoms with E-state index in [-0.39, 0.29) is 0 Å². The highest BCUT2D eigenvalue weighted by Crippen LogP contribution is 2.19. The maximum absolute atomic E-state index is 5.95. The van der Waals surface area contributed by atoms with Gasteiger partial charge in [0.2, 0.25) is 0 Å². The van der Waals surface area contributed by atoms with Crippen LogP contribution in [-0.2, 0) is 0 Å². The Morgan fingerprint density at radius 1 is 1.37 bits per heavy atom. The zero-order valence-electron chi connectivity index (χ0n) is 12.4. The van der Waals surface area contributed by atoms with Crippen LogP contribution in [0.5, 0.6) is 5.75 Å². The molecule has 19 heavy (non-hydrogen) atoms. The third-order valence-corrected chi connectivity index (χ3v) is 3.94. The first-order valence-electron chi connectivity index (χ1n) is 7.35. The summed E-state index contributed by atoms with van der Waals surface area (Å²) in [6, 6.07) is 7.07. The fourth-order valence-electron chi connectivity index (χ4n) is 2.69. The summed E-state index contributed by atoms with van der Waals surface area (Å²) in [4.78, 5) is 2.52. The van der Waals surface area contributed by atoms with Gasteiger partial charge in [-0.3, -0.25) is 4.90 Å². The Morgan fingerprint density at radius 2 is 2.21 bits per heavy atom. The smallest absolute Gasteiger partial charge is 0.122 e. The van der Waals surface area contributed by atoms with Crippen molar-refractivity contribution in [2.75, 3.05) is 32.8 Å². The van der Waals surface area contributed by atoms with E-state index in [1.807, 2.05) is 0 Å². The Morgan fingerprint density at radius 3 is 2.89 bits per heavy atom. The Bertz CT molecular complexity index is 400. The van der Waals surface area contributed by atoms with Gasteiger partial charge in [-0.25, -0.2) is 0 Å². The van der Waals surface area contributed by atoms with Gasteiger partial charge in [0, 0.05) is 19.1 Å². The van der Waals surface area contributed by atoms with Crippen molar-refractivity contribution in [3.63, 3.8) is 0 Å². The van der Waals surface area contributed by atoms with Gasteiger partial charge >= 0.3 is 0 Å². The average Bonchev–Trinajstić information content (AvgIpc) is 2.92. The Kier molecular flexibility index (Phi) is 5.23. The number of rotatable bonds is 6. The fourth-order valence-corrected chi connectivity index (χ4v) is 2.69. The molecular weight excluding hydrogens is 236 g/mol. The van der Waals surface area contributed by atoms with Crippen LogP contribution in [0.3, 0.4) is 0 Å². The molecule has 1 N–H and O–H groups in total. The molecule has 0 aromatic heterocycles. The van der Waals surface area contributed by atoms with Gasteiger partial charge in [-0.2, -0.15) is 0 Å². The highest BCUT2D eigenvalue weighted by Gasteiger charge is 2.20. The SMILES string of the molecule is CCN(CCOc1cc(C)ccc1C)C1CCNC1. The van der Waals surface area contributed by atoms with Gasteiger partial charge in [0.15, 0.2) is 0 Å². The topological polar surface area (TPSA) is 24.5 Å². The van der Waals surface area contributed by atoms with E-state index in [9.17, 15) is 0 Å². The van der Waals surface area contributed by atoms with Crippen LogP contribution in [0.1, 0.15) is 24.5 Å². The largest absolute Gasteiger partial charge is 0.492 e. The standard InChI is InChI=1S/C16H26N2O/c1-4-18(15-7-8-17-12-15)9-10-19-16-11-13(2)5-6-14(16)3/h5-6,11,15,17H,4,7-10,12H2,1-3H3. The molecule has 1 fully saturated rings. The molecule has 0 amide bonds. The van der Waals surface area contributed by atoms with E-state index in [4.69, 9.17) is 4.74 Å². The normalized spacial score (nSPS) is 19.1. The van der Waals surface area contributed by atoms with Crippen molar-refractivity contribution in [3.05, 3.63) is 29.3 Å². The highest BCUT2D eigenvalue weighted by molar-refractivity contribution is 5.35. The molecule has 0 saturated carbocycles. The molecule has 1 aliphatic heterocycles. The number of ether oxygens (including phenoxy) is 1. The molecule has 3 nitrogen and oxygen atoms in total. The van der Waals surface area contributed by atoms with Gasteiger partial charge in [-0.15, -0.1) is 0 Å². The fraction of sp³-hybridized carbons (Fsp3) is 0.625. The Balaban J connectivity index is 1.83. The van der Waals surface area contributed by atoms with Crippen molar-refractivity contribution >= 4 is 0 Å². The lowest BCUT2D eigenvalue weighted by Crippen LogP contribution is -2.39. The summed E-state index contributed by atoms with van der Waals surface area (Å²) in [7, 11) is 0. The minimum atomic E-state index is 0.687. The lowest BCUT2D eigenvalue weighted by atomic mass is 10.1. The van der Waals surface area contributed by atoms with Crippen LogP contribution >= 0.6 is 0 Å². The van der Waals surface area contributed by atoms with Gasteiger partial charge in [0.1, 0.15) is 12.4 Å². The zero-order valence-corrected chi connectivity index (χ0v) is 12.4. The van der Waals surface area contributed by atoms with Crippen LogP contribution in [0.2, 0.25) is 0 Å². The molecule has 1 aromatic rings. The van der Waals surface area contributed by atoms with Crippen molar-refractivity contribution in [1.82, 2.24) is 10.2 Å². The third kappa shape index (κ3) is 3.95. The molecule has 106 valence electrons. The van der Waals surface area contributed by atoms with Gasteiger partial charge in [-0.05, 0) is 50.6 Å². The van der Waals surface area contributed by atoms with E-state index in [0.717, 1.165) is 38.5 Å². The minimum absolute atomic E-state index is 0.687. The lowest BCUT2D eigenvalue weighted by molar-refractivity contribution is 0.174. The highest BCUT2D eigenvalue weighted by atomic mass is 16.5. The summed E-state index contributed by atoms with van der Waals surface area (Å²) < 4.78 is 5.95. The van der Waals surface area contributed by atoms with Crippen molar-refractivity contribution in [1.29, 1.82) is 0 Å². The Labute approximate surface area is 116 Å². The van der Waals surface area contributed by atoms with E-state index in [1.54, 1.807) is 0 Å². The molecule has 0 aliphatic carbocycles. The van der Waals surface area contributed by atoms with Crippen LogP contribution in [0.15, 0.2) is 18.2 Å². The summed E-state index contributed by atoms with van der Waals surface area (Å²) in [5.74, 6) is 1.03. The quantitative estimate of drug-likeness (QED) is 0.852. The predicted molar refractivity (Wildman–Crippen MR) is 79.9 cm³/mol. The monoisotopic (exact) mass is 262 g/mol. The second-order valence-corrected chi connectivity index (χ2v) is 5.39. The predicted octanol–water partition coefficient (Wildman–Crippen LogP) is 2.37. The van der Waals surface area contributed by atoms with Crippen molar-refractivity contribution < 1.29 is 4.74 Å². The van der Waals surface area contributed by atoms with Crippen LogP contribution < -0.4 is 10.1 Å². The molecule has 1 saturated heterocycles. The molecule has 1 unspecified atom stereocenters. The van der Waals surface area contributed by atoms with Gasteiger partial charge in [0.05, 0.1) is 0 Å². The number of aryl methyl sites for hydroxylation is 2. The maximum atomic E-state index is 5.95. The van der Waals surface area contributed by atoms with Crippen LogP contribution in [0, 0.1) is 13.8 Å². The molecule has 2 rings (SSSR count). The number of nitrogens with one attached hydrogen (secondary N) is 1. The van der Waals surface area contributed by atoms with Crippen molar-refractivity contribution in [2.24, 2.45) is 0 Å². The number of nitrogens with zero attached hydrogens (tertiary/aromatic N) is 1. The number of hydrogen-bond acceptors (Lipinski definition) is 3. The van der Waals surface area contributed by atoms with E-state index >= 15 is 0 Å². The van der Waals surface area contributed by atoms with Crippen molar-refractivity contribution in [3.8, 4) is 5.75 Å². The van der Waals surface area contributed by atoms with Gasteiger partial charge in [-0.1, -0.05) is 19.1 Å². The molecule has 0 bridgehead atoms. The molecular formula is C16H26N2O. The summed E-state index contributed by atoms with van der Waals surface area (Å²) >= 11 is 0. The first-order valence-corrected chi connectivity index (χ1v) is 7.35. The molecule has 0 spiro atoms. The summed E-state index contributed by atoms with van der Waals surface area (Å²) in [5.41, 5.74) is 2.48. The lowest BCUT2D eigenvalue weighted by Gasteiger charge is -2.26. The second-order valence-electron chi connectivity index (χ2n) is 5.39. The van der Waals surface area contributed by atoms with Gasteiger partial charge < -0.3 is 10.1 Å².